The van der Waals surface area contributed by atoms with Crippen LogP contribution in [0.15, 0.2) is 48.5 Å². The van der Waals surface area contributed by atoms with Gasteiger partial charge in [-0.1, -0.05) is 42.2 Å². The van der Waals surface area contributed by atoms with Crippen LogP contribution < -0.4 is 16.0 Å². The number of fused-ring (bicyclic) bond motifs is 2. The average Bonchev–Trinajstić information content (AvgIpc) is 0.848. The van der Waals surface area contributed by atoms with Gasteiger partial charge >= 0.3 is 0 Å². The first kappa shape index (κ1) is 88.2. The summed E-state index contributed by atoms with van der Waals surface area (Å²) in [5, 5.41) is 2.82. The number of hydrogen-bond acceptors (Lipinski definition) is 27. The van der Waals surface area contributed by atoms with Crippen molar-refractivity contribution in [3.05, 3.63) is 65.2 Å². The van der Waals surface area contributed by atoms with Crippen LogP contribution in [0.4, 0.5) is 5.69 Å². The fourth-order valence-corrected chi connectivity index (χ4v) is 8.16. The molecule has 0 aliphatic carbocycles. The van der Waals surface area contributed by atoms with Gasteiger partial charge in [-0.25, -0.2) is 0 Å². The van der Waals surface area contributed by atoms with Crippen molar-refractivity contribution in [2.24, 2.45) is 5.73 Å². The van der Waals surface area contributed by atoms with E-state index in [1.54, 1.807) is 4.90 Å². The lowest BCUT2D eigenvalue weighted by molar-refractivity contribution is -0.125. The third kappa shape index (κ3) is 56.6. The van der Waals surface area contributed by atoms with E-state index in [4.69, 9.17) is 119 Å². The van der Waals surface area contributed by atoms with Gasteiger partial charge in [0.1, 0.15) is 0 Å². The van der Waals surface area contributed by atoms with Crippen molar-refractivity contribution < 1.29 is 123 Å². The molecule has 0 saturated heterocycles. The number of carbonyl (C=O) groups excluding carboxylic acids is 2. The molecule has 3 N–H and O–H groups in total. The molecule has 0 unspecified atom stereocenters. The van der Waals surface area contributed by atoms with Gasteiger partial charge in [-0.3, -0.25) is 9.59 Å². The van der Waals surface area contributed by atoms with E-state index < -0.39 is 0 Å². The second-order valence-corrected chi connectivity index (χ2v) is 20.7. The van der Waals surface area contributed by atoms with Crippen LogP contribution in [0.1, 0.15) is 29.5 Å². The third-order valence-corrected chi connectivity index (χ3v) is 13.1. The second-order valence-electron chi connectivity index (χ2n) is 20.7. The van der Waals surface area contributed by atoms with Gasteiger partial charge in [-0.05, 0) is 23.8 Å². The van der Waals surface area contributed by atoms with Crippen LogP contribution in [0, 0.1) is 11.8 Å². The SMILES string of the molecule is NCCOCCOCCOCCOCCOCCOCCOCCOCCOCCOCCOCCOCCOCCOCCOCCOCCOCCOCCOCCOCCOCCOCCOCCOCCNC(=O)CCC(=O)N1Cc2ccccc2C#Cc2ccccc21. The van der Waals surface area contributed by atoms with Crippen molar-refractivity contribution in [2.75, 3.05) is 335 Å². The van der Waals surface area contributed by atoms with Crippen molar-refractivity contribution in [3.8, 4) is 11.8 Å². The quantitative estimate of drug-likeness (QED) is 0.0709. The highest BCUT2D eigenvalue weighted by Gasteiger charge is 2.22. The summed E-state index contributed by atoms with van der Waals surface area (Å²) < 4.78 is 132. The summed E-state index contributed by atoms with van der Waals surface area (Å²) in [5.41, 5.74) is 8.74. The molecule has 1 aliphatic rings. The topological polar surface area (TPSA) is 297 Å². The van der Waals surface area contributed by atoms with Gasteiger partial charge in [0.15, 0.2) is 0 Å². The molecule has 3 rings (SSSR count). The Labute approximate surface area is 581 Å². The number of para-hydroxylation sites is 1. The largest absolute Gasteiger partial charge is 0.378 e. The van der Waals surface area contributed by atoms with Crippen molar-refractivity contribution in [1.82, 2.24) is 5.32 Å². The van der Waals surface area contributed by atoms with Crippen molar-refractivity contribution in [2.45, 2.75) is 19.4 Å². The molecule has 29 nitrogen and oxygen atoms in total. The number of hydrogen-bond donors (Lipinski definition) is 2. The van der Waals surface area contributed by atoms with Crippen LogP contribution in [0.2, 0.25) is 0 Å². The number of amides is 2. The number of nitrogens with one attached hydrogen (secondary N) is 1. The van der Waals surface area contributed by atoms with E-state index in [1.165, 1.54) is 0 Å². The van der Waals surface area contributed by atoms with E-state index in [1.807, 2.05) is 48.5 Å². The maximum atomic E-state index is 13.3. The van der Waals surface area contributed by atoms with Gasteiger partial charge < -0.3 is 130 Å². The Balaban J connectivity index is 0.866. The summed E-state index contributed by atoms with van der Waals surface area (Å²) >= 11 is 0. The van der Waals surface area contributed by atoms with E-state index in [9.17, 15) is 9.59 Å². The zero-order chi connectivity index (χ0) is 69.3. The number of carbonyl (C=O) groups is 2. The fourth-order valence-electron chi connectivity index (χ4n) is 8.16. The van der Waals surface area contributed by atoms with Gasteiger partial charge in [-0.15, -0.1) is 0 Å². The molecule has 29 heteroatoms. The summed E-state index contributed by atoms with van der Waals surface area (Å²) in [6, 6.07) is 15.4. The Bertz CT molecular complexity index is 2140. The van der Waals surface area contributed by atoms with Crippen LogP contribution >= 0.6 is 0 Å². The summed E-state index contributed by atoms with van der Waals surface area (Å²) in [6.45, 7) is 24.1. The summed E-state index contributed by atoms with van der Waals surface area (Å²) in [4.78, 5) is 27.6. The van der Waals surface area contributed by atoms with Crippen LogP contribution in [-0.2, 0) is 130 Å². The Morgan fingerprint density at radius 1 is 0.296 bits per heavy atom. The van der Waals surface area contributed by atoms with E-state index in [0.717, 1.165) is 22.4 Å². The highest BCUT2D eigenvalue weighted by atomic mass is 16.6. The normalized spacial score (nSPS) is 12.0. The number of rotatable bonds is 77. The first-order valence-corrected chi connectivity index (χ1v) is 34.5. The standard InChI is InChI=1S/C69H117N3O26/c70-13-15-75-17-19-77-21-23-79-25-27-81-29-31-83-33-35-85-37-39-87-41-43-89-45-47-91-49-51-93-53-55-95-57-59-97-61-62-98-60-58-96-56-54-94-52-50-92-48-46-90-44-42-88-40-38-86-36-34-84-32-30-82-28-26-80-24-22-78-20-18-76-16-14-71-68(73)11-12-69(74)72-63-66-7-2-1-5-64(66)9-10-65-6-3-4-8-67(65)72/h1-8H,11-63,70H2,(H,71,73). The average molecular weight is 1400 g/mol. The molecule has 2 aromatic carbocycles. The lowest BCUT2D eigenvalue weighted by Crippen LogP contribution is -2.34. The summed E-state index contributed by atoms with van der Waals surface area (Å²) in [5.74, 6) is 6.07. The lowest BCUT2D eigenvalue weighted by atomic mass is 10.0. The molecule has 0 atom stereocenters. The molecule has 0 radical (unpaired) electrons. The zero-order valence-electron chi connectivity index (χ0n) is 58.2. The summed E-state index contributed by atoms with van der Waals surface area (Å²) in [6.07, 6.45) is 0.158. The van der Waals surface area contributed by atoms with Crippen molar-refractivity contribution >= 4 is 17.5 Å². The van der Waals surface area contributed by atoms with Gasteiger partial charge in [0.2, 0.25) is 11.8 Å². The number of nitrogens with two attached hydrogens (primary N) is 1. The molecule has 0 bridgehead atoms. The first-order chi connectivity index (χ1) is 48.7. The molecule has 2 amide bonds. The molecular formula is C69H117N3O26. The minimum atomic E-state index is -0.207. The number of nitrogens with zero attached hydrogens (tertiary/aromatic N) is 1. The predicted molar refractivity (Wildman–Crippen MR) is 361 cm³/mol. The number of benzene rings is 2. The van der Waals surface area contributed by atoms with Crippen LogP contribution in [0.25, 0.3) is 0 Å². The highest BCUT2D eigenvalue weighted by Crippen LogP contribution is 2.26. The van der Waals surface area contributed by atoms with E-state index in [2.05, 4.69) is 17.2 Å². The Hall–Kier alpha value is -4.06. The Morgan fingerprint density at radius 2 is 0.520 bits per heavy atom. The molecule has 0 saturated carbocycles. The Morgan fingerprint density at radius 3 is 0.796 bits per heavy atom. The molecule has 98 heavy (non-hydrogen) atoms. The summed E-state index contributed by atoms with van der Waals surface area (Å²) in [7, 11) is 0. The van der Waals surface area contributed by atoms with E-state index in [-0.39, 0.29) is 24.7 Å². The predicted octanol–water partition coefficient (Wildman–Crippen LogP) is 2.19. The molecule has 0 spiro atoms. The van der Waals surface area contributed by atoms with E-state index in [0.29, 0.717) is 337 Å². The number of ether oxygens (including phenoxy) is 24. The molecule has 0 aromatic heterocycles. The monoisotopic (exact) mass is 1400 g/mol. The van der Waals surface area contributed by atoms with E-state index >= 15 is 0 Å². The van der Waals surface area contributed by atoms with Crippen LogP contribution in [-0.4, -0.2) is 342 Å². The van der Waals surface area contributed by atoms with Gasteiger partial charge in [0, 0.05) is 37.1 Å². The van der Waals surface area contributed by atoms with Gasteiger partial charge in [0.25, 0.3) is 0 Å². The molecule has 0 fully saturated rings. The second kappa shape index (κ2) is 71.3. The van der Waals surface area contributed by atoms with Crippen molar-refractivity contribution in [1.29, 1.82) is 0 Å². The Kier molecular flexibility index (Phi) is 64.2. The third-order valence-electron chi connectivity index (χ3n) is 13.1. The molecule has 564 valence electrons. The molecular weight excluding hydrogens is 1290 g/mol. The lowest BCUT2D eigenvalue weighted by Gasteiger charge is -2.26. The molecule has 2 aromatic rings. The van der Waals surface area contributed by atoms with Gasteiger partial charge in [0.05, 0.1) is 329 Å². The fraction of sp³-hybridized carbons (Fsp3) is 0.768. The zero-order valence-corrected chi connectivity index (χ0v) is 58.2. The van der Waals surface area contributed by atoms with Crippen LogP contribution in [0.5, 0.6) is 0 Å². The van der Waals surface area contributed by atoms with Crippen molar-refractivity contribution in [3.63, 3.8) is 0 Å². The maximum absolute atomic E-state index is 13.3. The first-order valence-electron chi connectivity index (χ1n) is 34.5. The highest BCUT2D eigenvalue weighted by molar-refractivity contribution is 5.96. The minimum Gasteiger partial charge on any atom is -0.378 e. The van der Waals surface area contributed by atoms with Gasteiger partial charge in [-0.2, -0.15) is 0 Å². The maximum Gasteiger partial charge on any atom is 0.227 e. The molecule has 1 heterocycles. The number of anilines is 1. The molecule has 1 aliphatic heterocycles. The smallest absolute Gasteiger partial charge is 0.227 e. The minimum absolute atomic E-state index is 0.0781. The van der Waals surface area contributed by atoms with Crippen LogP contribution in [0.3, 0.4) is 0 Å².